The number of hydrogen-bond acceptors (Lipinski definition) is 8. The van der Waals surface area contributed by atoms with E-state index in [1.165, 1.54) is 43.4 Å². The summed E-state index contributed by atoms with van der Waals surface area (Å²) in [4.78, 5) is 18.5. The molecule has 0 amide bonds. The lowest BCUT2D eigenvalue weighted by molar-refractivity contribution is -0.385. The Balaban J connectivity index is 1.69. The van der Waals surface area contributed by atoms with Crippen molar-refractivity contribution >= 4 is 17.4 Å². The molecular formula is C19H20N6O3S. The van der Waals surface area contributed by atoms with Crippen molar-refractivity contribution in [2.75, 3.05) is 7.11 Å². The molecule has 1 fully saturated rings. The van der Waals surface area contributed by atoms with Gasteiger partial charge in [-0.3, -0.25) is 14.7 Å². The maximum absolute atomic E-state index is 10.8. The topological polar surface area (TPSA) is 109 Å². The van der Waals surface area contributed by atoms with Crippen molar-refractivity contribution < 1.29 is 9.66 Å². The average Bonchev–Trinajstić information content (AvgIpc) is 3.18. The van der Waals surface area contributed by atoms with Crippen molar-refractivity contribution in [3.8, 4) is 17.1 Å². The Hall–Kier alpha value is -3.01. The highest BCUT2D eigenvalue weighted by atomic mass is 32.2. The first-order valence-electron chi connectivity index (χ1n) is 9.39. The molecule has 150 valence electrons. The molecule has 29 heavy (non-hydrogen) atoms. The summed E-state index contributed by atoms with van der Waals surface area (Å²) in [6.07, 6.45) is 8.13. The van der Waals surface area contributed by atoms with Crippen LogP contribution in [0.4, 0.5) is 5.69 Å². The molecule has 2 aromatic heterocycles. The Morgan fingerprint density at radius 3 is 2.41 bits per heavy atom. The lowest BCUT2D eigenvalue weighted by atomic mass is 9.95. The Morgan fingerprint density at radius 1 is 1.10 bits per heavy atom. The molecular weight excluding hydrogens is 392 g/mol. The molecule has 3 aromatic rings. The number of hydrogen-bond donors (Lipinski definition) is 0. The molecule has 0 unspecified atom stereocenters. The third kappa shape index (κ3) is 4.21. The number of aromatic nitrogens is 5. The molecule has 1 aliphatic rings. The fraction of sp³-hybridized carbons (Fsp3) is 0.368. The van der Waals surface area contributed by atoms with E-state index in [1.807, 2.05) is 24.3 Å². The van der Waals surface area contributed by atoms with Gasteiger partial charge in [0.2, 0.25) is 0 Å². The summed E-state index contributed by atoms with van der Waals surface area (Å²) in [5.41, 5.74) is 0.822. The SMILES string of the molecule is COc1ccc(-c2nnc(Sc3ncc([N+](=O)[O-])cn3)n2C2CCCCC2)cc1. The van der Waals surface area contributed by atoms with E-state index in [2.05, 4.69) is 24.7 Å². The first-order chi connectivity index (χ1) is 14.2. The molecule has 4 rings (SSSR count). The lowest BCUT2D eigenvalue weighted by Crippen LogP contribution is -2.15. The first-order valence-corrected chi connectivity index (χ1v) is 10.2. The van der Waals surface area contributed by atoms with Crippen LogP contribution in [0.1, 0.15) is 38.1 Å². The Labute approximate surface area is 171 Å². The molecule has 10 heteroatoms. The van der Waals surface area contributed by atoms with E-state index >= 15 is 0 Å². The Kier molecular flexibility index (Phi) is 5.70. The van der Waals surface area contributed by atoms with Gasteiger partial charge in [0.25, 0.3) is 0 Å². The minimum Gasteiger partial charge on any atom is -0.497 e. The smallest absolute Gasteiger partial charge is 0.305 e. The van der Waals surface area contributed by atoms with E-state index in [0.717, 1.165) is 30.0 Å². The Morgan fingerprint density at radius 2 is 1.79 bits per heavy atom. The normalized spacial score (nSPS) is 14.7. The fourth-order valence-electron chi connectivity index (χ4n) is 3.49. The van der Waals surface area contributed by atoms with Crippen LogP contribution in [0, 0.1) is 10.1 Å². The second-order valence-electron chi connectivity index (χ2n) is 6.78. The molecule has 0 spiro atoms. The predicted octanol–water partition coefficient (Wildman–Crippen LogP) is 4.31. The highest BCUT2D eigenvalue weighted by Gasteiger charge is 2.25. The molecule has 0 N–H and O–H groups in total. The third-order valence-electron chi connectivity index (χ3n) is 4.96. The predicted molar refractivity (Wildman–Crippen MR) is 107 cm³/mol. The number of benzene rings is 1. The van der Waals surface area contributed by atoms with Crippen LogP contribution in [-0.4, -0.2) is 36.8 Å². The summed E-state index contributed by atoms with van der Waals surface area (Å²) >= 11 is 1.27. The van der Waals surface area contributed by atoms with E-state index in [-0.39, 0.29) is 5.69 Å². The summed E-state index contributed by atoms with van der Waals surface area (Å²) < 4.78 is 7.41. The standard InChI is InChI=1S/C19H20N6O3S/c1-28-16-9-7-13(8-10-16)17-22-23-19(24(17)14-5-3-2-4-6-14)29-18-20-11-15(12-21-18)25(26)27/h7-12,14H,2-6H2,1H3. The van der Waals surface area contributed by atoms with Crippen molar-refractivity contribution in [1.82, 2.24) is 24.7 Å². The van der Waals surface area contributed by atoms with E-state index in [9.17, 15) is 10.1 Å². The molecule has 0 saturated heterocycles. The van der Waals surface area contributed by atoms with Crippen molar-refractivity contribution in [2.45, 2.75) is 48.5 Å². The summed E-state index contributed by atoms with van der Waals surface area (Å²) in [5, 5.41) is 20.8. The van der Waals surface area contributed by atoms with Crippen LogP contribution >= 0.6 is 11.8 Å². The largest absolute Gasteiger partial charge is 0.497 e. The van der Waals surface area contributed by atoms with Crippen molar-refractivity contribution in [1.29, 1.82) is 0 Å². The van der Waals surface area contributed by atoms with Gasteiger partial charge in [-0.05, 0) is 48.9 Å². The zero-order valence-electron chi connectivity index (χ0n) is 15.9. The monoisotopic (exact) mass is 412 g/mol. The van der Waals surface area contributed by atoms with Crippen LogP contribution in [0.5, 0.6) is 5.75 Å². The number of methoxy groups -OCH3 is 1. The van der Waals surface area contributed by atoms with E-state index in [4.69, 9.17) is 4.74 Å². The van der Waals surface area contributed by atoms with E-state index < -0.39 is 4.92 Å². The molecule has 1 aromatic carbocycles. The van der Waals surface area contributed by atoms with Gasteiger partial charge in [-0.1, -0.05) is 19.3 Å². The number of ether oxygens (including phenoxy) is 1. The molecule has 2 heterocycles. The van der Waals surface area contributed by atoms with Crippen LogP contribution < -0.4 is 4.74 Å². The highest BCUT2D eigenvalue weighted by molar-refractivity contribution is 7.99. The van der Waals surface area contributed by atoms with Gasteiger partial charge in [0.05, 0.1) is 12.0 Å². The Bertz CT molecular complexity index is 984. The van der Waals surface area contributed by atoms with E-state index in [0.29, 0.717) is 16.4 Å². The first kappa shape index (κ1) is 19.3. The van der Waals surface area contributed by atoms with E-state index in [1.54, 1.807) is 7.11 Å². The molecule has 1 aliphatic carbocycles. The van der Waals surface area contributed by atoms with Crippen LogP contribution in [0.3, 0.4) is 0 Å². The fourth-order valence-corrected chi connectivity index (χ4v) is 4.28. The number of nitro groups is 1. The van der Waals surface area contributed by atoms with Gasteiger partial charge in [-0.15, -0.1) is 10.2 Å². The molecule has 0 aliphatic heterocycles. The maximum Gasteiger partial charge on any atom is 0.305 e. The lowest BCUT2D eigenvalue weighted by Gasteiger charge is -2.25. The summed E-state index contributed by atoms with van der Waals surface area (Å²) in [5.74, 6) is 1.58. The van der Waals surface area contributed by atoms with Gasteiger partial charge in [0, 0.05) is 11.6 Å². The number of nitrogens with zero attached hydrogens (tertiary/aromatic N) is 6. The number of rotatable bonds is 6. The second-order valence-corrected chi connectivity index (χ2v) is 7.71. The molecule has 0 bridgehead atoms. The van der Waals surface area contributed by atoms with Crippen LogP contribution in [0.2, 0.25) is 0 Å². The highest BCUT2D eigenvalue weighted by Crippen LogP contribution is 2.37. The summed E-state index contributed by atoms with van der Waals surface area (Å²) in [6, 6.07) is 8.05. The van der Waals surface area contributed by atoms with Crippen molar-refractivity contribution in [3.63, 3.8) is 0 Å². The zero-order valence-corrected chi connectivity index (χ0v) is 16.7. The minimum atomic E-state index is -0.513. The molecule has 1 saturated carbocycles. The van der Waals surface area contributed by atoms with Crippen LogP contribution in [-0.2, 0) is 0 Å². The van der Waals surface area contributed by atoms with Gasteiger partial charge in [-0.2, -0.15) is 0 Å². The molecule has 0 radical (unpaired) electrons. The van der Waals surface area contributed by atoms with Gasteiger partial charge in [0.1, 0.15) is 18.1 Å². The van der Waals surface area contributed by atoms with Gasteiger partial charge < -0.3 is 4.74 Å². The zero-order chi connectivity index (χ0) is 20.2. The quantitative estimate of drug-likeness (QED) is 0.335. The minimum absolute atomic E-state index is 0.137. The van der Waals surface area contributed by atoms with Crippen LogP contribution in [0.25, 0.3) is 11.4 Å². The van der Waals surface area contributed by atoms with Crippen LogP contribution in [0.15, 0.2) is 47.0 Å². The average molecular weight is 412 g/mol. The molecule has 9 nitrogen and oxygen atoms in total. The second kappa shape index (κ2) is 8.56. The van der Waals surface area contributed by atoms with Gasteiger partial charge in [-0.25, -0.2) is 9.97 Å². The van der Waals surface area contributed by atoms with Crippen molar-refractivity contribution in [2.24, 2.45) is 0 Å². The third-order valence-corrected chi connectivity index (χ3v) is 5.81. The van der Waals surface area contributed by atoms with Crippen molar-refractivity contribution in [3.05, 3.63) is 46.8 Å². The molecule has 0 atom stereocenters. The summed E-state index contributed by atoms with van der Waals surface area (Å²) in [7, 11) is 1.64. The van der Waals surface area contributed by atoms with Gasteiger partial charge >= 0.3 is 5.69 Å². The van der Waals surface area contributed by atoms with Gasteiger partial charge in [0.15, 0.2) is 16.1 Å². The maximum atomic E-state index is 10.8. The summed E-state index contributed by atoms with van der Waals surface area (Å²) in [6.45, 7) is 0.